The number of hydrogen-bond acceptors (Lipinski definition) is 3. The SMILES string of the molecule is c1ccc2cc3c(cc2c1)c1ccc(-n2c4ccccc4c4c5ccccc5ccc42)cc1n3-c1nc2ccccc2nc1-c1cccc2c1oc1ccccc12. The molecule has 0 spiro atoms. The van der Waals surface area contributed by atoms with Crippen molar-refractivity contribution < 1.29 is 4.42 Å². The first-order valence-electron chi connectivity index (χ1n) is 19.3. The van der Waals surface area contributed by atoms with Gasteiger partial charge in [-0.15, -0.1) is 0 Å². The molecule has 0 amide bonds. The number of rotatable bonds is 3. The molecule has 0 unspecified atom stereocenters. The highest BCUT2D eigenvalue weighted by atomic mass is 16.3. The van der Waals surface area contributed by atoms with Gasteiger partial charge in [-0.05, 0) is 82.2 Å². The minimum atomic E-state index is 0.752. The number of hydrogen-bond donors (Lipinski definition) is 0. The van der Waals surface area contributed by atoms with Crippen LogP contribution in [-0.4, -0.2) is 19.1 Å². The summed E-state index contributed by atoms with van der Waals surface area (Å²) >= 11 is 0. The number of para-hydroxylation sites is 5. The van der Waals surface area contributed by atoms with Crippen LogP contribution in [-0.2, 0) is 0 Å². The van der Waals surface area contributed by atoms with Gasteiger partial charge in [0.15, 0.2) is 5.82 Å². The highest BCUT2D eigenvalue weighted by Gasteiger charge is 2.24. The molecule has 264 valence electrons. The summed E-state index contributed by atoms with van der Waals surface area (Å²) in [5.74, 6) is 0.752. The number of furan rings is 1. The van der Waals surface area contributed by atoms with E-state index in [9.17, 15) is 0 Å². The van der Waals surface area contributed by atoms with Gasteiger partial charge in [-0.1, -0.05) is 121 Å². The second-order valence-corrected chi connectivity index (χ2v) is 15.0. The molecule has 9 aromatic carbocycles. The Kier molecular flexibility index (Phi) is 6.10. The van der Waals surface area contributed by atoms with E-state index in [1.165, 1.54) is 43.4 Å². The van der Waals surface area contributed by atoms with Gasteiger partial charge in [0.1, 0.15) is 16.9 Å². The van der Waals surface area contributed by atoms with Gasteiger partial charge in [0.05, 0.1) is 33.1 Å². The predicted octanol–water partition coefficient (Wildman–Crippen LogP) is 13.7. The summed E-state index contributed by atoms with van der Waals surface area (Å²) < 4.78 is 11.4. The number of fused-ring (bicyclic) bond motifs is 13. The van der Waals surface area contributed by atoms with Crippen LogP contribution in [0.25, 0.3) is 121 Å². The lowest BCUT2D eigenvalue weighted by Crippen LogP contribution is -2.04. The third kappa shape index (κ3) is 4.28. The van der Waals surface area contributed by atoms with Crippen molar-refractivity contribution in [3.8, 4) is 22.8 Å². The van der Waals surface area contributed by atoms with Crippen molar-refractivity contribution >= 4 is 98.1 Å². The van der Waals surface area contributed by atoms with E-state index in [2.05, 4.69) is 161 Å². The average Bonchev–Trinajstić information content (AvgIpc) is 3.92. The quantitative estimate of drug-likeness (QED) is 0.182. The zero-order chi connectivity index (χ0) is 37.2. The van der Waals surface area contributed by atoms with Crippen molar-refractivity contribution in [1.29, 1.82) is 0 Å². The molecule has 13 aromatic rings. The zero-order valence-electron chi connectivity index (χ0n) is 30.5. The van der Waals surface area contributed by atoms with E-state index in [0.29, 0.717) is 0 Å². The molecule has 4 heterocycles. The van der Waals surface area contributed by atoms with E-state index >= 15 is 0 Å². The Labute approximate surface area is 325 Å². The number of nitrogens with zero attached hydrogens (tertiary/aromatic N) is 4. The maximum Gasteiger partial charge on any atom is 0.165 e. The van der Waals surface area contributed by atoms with Crippen LogP contribution in [0.4, 0.5) is 0 Å². The number of benzene rings is 9. The first kappa shape index (κ1) is 30.6. The minimum Gasteiger partial charge on any atom is -0.455 e. The van der Waals surface area contributed by atoms with E-state index in [0.717, 1.165) is 77.5 Å². The molecule has 0 aliphatic rings. The van der Waals surface area contributed by atoms with Crippen molar-refractivity contribution in [2.24, 2.45) is 0 Å². The molecule has 4 aromatic heterocycles. The second-order valence-electron chi connectivity index (χ2n) is 15.0. The number of aromatic nitrogens is 4. The molecule has 0 fully saturated rings. The van der Waals surface area contributed by atoms with Gasteiger partial charge in [0.2, 0.25) is 0 Å². The lowest BCUT2D eigenvalue weighted by atomic mass is 10.0. The maximum atomic E-state index is 6.66. The lowest BCUT2D eigenvalue weighted by molar-refractivity contribution is 0.669. The summed E-state index contributed by atoms with van der Waals surface area (Å²) in [5.41, 5.74) is 10.5. The molecule has 13 rings (SSSR count). The summed E-state index contributed by atoms with van der Waals surface area (Å²) in [6.45, 7) is 0. The summed E-state index contributed by atoms with van der Waals surface area (Å²) in [5, 5.41) is 11.8. The summed E-state index contributed by atoms with van der Waals surface area (Å²) in [6, 6.07) is 64.8. The van der Waals surface area contributed by atoms with E-state index in [4.69, 9.17) is 14.4 Å². The van der Waals surface area contributed by atoms with Crippen molar-refractivity contribution in [1.82, 2.24) is 19.1 Å². The fourth-order valence-electron chi connectivity index (χ4n) is 9.34. The van der Waals surface area contributed by atoms with Crippen LogP contribution in [0.5, 0.6) is 0 Å². The standard InChI is InChI=1S/C52H30N4O/c1-2-14-33-29-46-41(28-32(33)13-1)36-26-25-34(55-44-22-9-5-17-39(44)49-35-15-4-3-12-31(35)24-27-45(49)55)30-47(36)56(46)52-50(53-42-20-7-8-21-43(42)54-52)40-19-11-18-38-37-16-6-10-23-48(37)57-51(38)40/h1-30H. The molecule has 57 heavy (non-hydrogen) atoms. The molecule has 0 radical (unpaired) electrons. The van der Waals surface area contributed by atoms with Gasteiger partial charge < -0.3 is 8.98 Å². The van der Waals surface area contributed by atoms with Crippen LogP contribution >= 0.6 is 0 Å². The molecule has 0 atom stereocenters. The highest BCUT2D eigenvalue weighted by Crippen LogP contribution is 2.43. The Morgan fingerprint density at radius 2 is 1.07 bits per heavy atom. The van der Waals surface area contributed by atoms with Crippen molar-refractivity contribution in [3.05, 3.63) is 182 Å². The van der Waals surface area contributed by atoms with Gasteiger partial charge in [-0.2, -0.15) is 0 Å². The molecular formula is C52H30N4O. The van der Waals surface area contributed by atoms with Gasteiger partial charge in [-0.25, -0.2) is 9.97 Å². The van der Waals surface area contributed by atoms with E-state index < -0.39 is 0 Å². The van der Waals surface area contributed by atoms with Gasteiger partial charge >= 0.3 is 0 Å². The summed E-state index contributed by atoms with van der Waals surface area (Å²) in [6.07, 6.45) is 0. The van der Waals surface area contributed by atoms with E-state index in [1.54, 1.807) is 0 Å². The van der Waals surface area contributed by atoms with Crippen LogP contribution in [0.15, 0.2) is 186 Å². The fraction of sp³-hybridized carbons (Fsp3) is 0. The highest BCUT2D eigenvalue weighted by molar-refractivity contribution is 6.22. The normalized spacial score (nSPS) is 12.2. The minimum absolute atomic E-state index is 0.752. The Morgan fingerprint density at radius 1 is 0.386 bits per heavy atom. The molecule has 0 bridgehead atoms. The molecule has 0 N–H and O–H groups in total. The van der Waals surface area contributed by atoms with Gasteiger partial charge in [0, 0.05) is 43.6 Å². The average molecular weight is 727 g/mol. The van der Waals surface area contributed by atoms with Crippen molar-refractivity contribution in [2.75, 3.05) is 0 Å². The molecule has 0 saturated carbocycles. The molecule has 0 aliphatic heterocycles. The van der Waals surface area contributed by atoms with Crippen molar-refractivity contribution in [3.63, 3.8) is 0 Å². The molecule has 5 nitrogen and oxygen atoms in total. The maximum absolute atomic E-state index is 6.66. The molecule has 0 aliphatic carbocycles. The molecule has 5 heteroatoms. The molecule has 0 saturated heterocycles. The van der Waals surface area contributed by atoms with Gasteiger partial charge in [0.25, 0.3) is 0 Å². The van der Waals surface area contributed by atoms with Crippen LogP contribution in [0.1, 0.15) is 0 Å². The predicted molar refractivity (Wildman–Crippen MR) is 236 cm³/mol. The fourth-order valence-corrected chi connectivity index (χ4v) is 9.34. The third-order valence-electron chi connectivity index (χ3n) is 11.9. The van der Waals surface area contributed by atoms with E-state index in [1.807, 2.05) is 30.3 Å². The topological polar surface area (TPSA) is 48.8 Å². The largest absolute Gasteiger partial charge is 0.455 e. The summed E-state index contributed by atoms with van der Waals surface area (Å²) in [4.78, 5) is 10.9. The van der Waals surface area contributed by atoms with Gasteiger partial charge in [-0.3, -0.25) is 4.57 Å². The Hall–Kier alpha value is -7.76. The van der Waals surface area contributed by atoms with Crippen LogP contribution in [0.3, 0.4) is 0 Å². The Morgan fingerprint density at radius 3 is 1.95 bits per heavy atom. The van der Waals surface area contributed by atoms with E-state index in [-0.39, 0.29) is 0 Å². The zero-order valence-corrected chi connectivity index (χ0v) is 30.5. The smallest absolute Gasteiger partial charge is 0.165 e. The Bertz CT molecular complexity index is 3830. The second kappa shape index (κ2) is 11.4. The van der Waals surface area contributed by atoms with Crippen LogP contribution in [0.2, 0.25) is 0 Å². The first-order chi connectivity index (χ1) is 28.3. The van der Waals surface area contributed by atoms with Crippen LogP contribution < -0.4 is 0 Å². The monoisotopic (exact) mass is 726 g/mol. The lowest BCUT2D eigenvalue weighted by Gasteiger charge is -2.15. The third-order valence-corrected chi connectivity index (χ3v) is 11.9. The molecular weight excluding hydrogens is 697 g/mol. The Balaban J connectivity index is 1.18. The summed E-state index contributed by atoms with van der Waals surface area (Å²) in [7, 11) is 0. The first-order valence-corrected chi connectivity index (χ1v) is 19.3. The van der Waals surface area contributed by atoms with Crippen LogP contribution in [0, 0.1) is 0 Å². The van der Waals surface area contributed by atoms with Crippen molar-refractivity contribution in [2.45, 2.75) is 0 Å².